The number of rotatable bonds is 6. The molecule has 0 heterocycles. The third-order valence-corrected chi connectivity index (χ3v) is 7.33. The highest BCUT2D eigenvalue weighted by molar-refractivity contribution is 5.92. The van der Waals surface area contributed by atoms with E-state index in [2.05, 4.69) is 29.7 Å². The Labute approximate surface area is 168 Å². The van der Waals surface area contributed by atoms with Crippen LogP contribution in [0.25, 0.3) is 0 Å². The second-order valence-electron chi connectivity index (χ2n) is 9.88. The molecule has 0 aromatic heterocycles. The number of nitrogens with one attached hydrogen (secondary N) is 2. The van der Waals surface area contributed by atoms with Crippen LogP contribution < -0.4 is 10.6 Å². The van der Waals surface area contributed by atoms with Gasteiger partial charge in [0, 0.05) is 24.1 Å². The van der Waals surface area contributed by atoms with Gasteiger partial charge in [0.1, 0.15) is 0 Å². The molecule has 0 saturated heterocycles. The smallest absolute Gasteiger partial charge is 0.226 e. The van der Waals surface area contributed by atoms with E-state index in [-0.39, 0.29) is 17.2 Å². The summed E-state index contributed by atoms with van der Waals surface area (Å²) in [5, 5.41) is 6.22. The van der Waals surface area contributed by atoms with Crippen LogP contribution in [0.1, 0.15) is 68.1 Å². The Kier molecular flexibility index (Phi) is 5.24. The molecule has 0 radical (unpaired) electrons. The molecule has 4 nitrogen and oxygen atoms in total. The van der Waals surface area contributed by atoms with Gasteiger partial charge in [0.2, 0.25) is 11.8 Å². The van der Waals surface area contributed by atoms with Crippen molar-refractivity contribution >= 4 is 17.5 Å². The molecule has 4 aliphatic rings. The van der Waals surface area contributed by atoms with Gasteiger partial charge >= 0.3 is 0 Å². The summed E-state index contributed by atoms with van der Waals surface area (Å²) in [6, 6.07) is 4.18. The molecular weight excluding hydrogens is 348 g/mol. The van der Waals surface area contributed by atoms with E-state index in [0.717, 1.165) is 53.8 Å². The van der Waals surface area contributed by atoms with E-state index in [1.54, 1.807) is 0 Å². The van der Waals surface area contributed by atoms with E-state index >= 15 is 0 Å². The van der Waals surface area contributed by atoms with E-state index in [1.165, 1.54) is 24.8 Å². The van der Waals surface area contributed by atoms with Gasteiger partial charge in [-0.25, -0.2) is 0 Å². The van der Waals surface area contributed by atoms with E-state index in [0.29, 0.717) is 19.4 Å². The van der Waals surface area contributed by atoms with Gasteiger partial charge in [0.25, 0.3) is 0 Å². The summed E-state index contributed by atoms with van der Waals surface area (Å²) in [6.07, 6.45) is 8.47. The Morgan fingerprint density at radius 3 is 2.04 bits per heavy atom. The number of amides is 2. The predicted molar refractivity (Wildman–Crippen MR) is 112 cm³/mol. The highest BCUT2D eigenvalue weighted by Crippen LogP contribution is 2.60. The molecule has 5 rings (SSSR count). The first-order valence-electron chi connectivity index (χ1n) is 11.0. The largest absolute Gasteiger partial charge is 0.356 e. The molecule has 28 heavy (non-hydrogen) atoms. The minimum absolute atomic E-state index is 0.0270. The highest BCUT2D eigenvalue weighted by atomic mass is 16.2. The van der Waals surface area contributed by atoms with Crippen LogP contribution in [0.2, 0.25) is 0 Å². The molecule has 1 aromatic rings. The van der Waals surface area contributed by atoms with Crippen LogP contribution in [-0.4, -0.2) is 18.4 Å². The molecule has 2 amide bonds. The van der Waals surface area contributed by atoms with Crippen LogP contribution >= 0.6 is 0 Å². The first kappa shape index (κ1) is 19.5. The Balaban J connectivity index is 1.24. The zero-order chi connectivity index (χ0) is 19.9. The predicted octanol–water partition coefficient (Wildman–Crippen LogP) is 4.66. The molecule has 2 N–H and O–H groups in total. The van der Waals surface area contributed by atoms with Gasteiger partial charge < -0.3 is 10.6 Å². The fourth-order valence-electron chi connectivity index (χ4n) is 6.61. The summed E-state index contributed by atoms with van der Waals surface area (Å²) >= 11 is 0. The topological polar surface area (TPSA) is 58.2 Å². The maximum atomic E-state index is 12.9. The van der Waals surface area contributed by atoms with Crippen molar-refractivity contribution in [2.75, 3.05) is 11.9 Å². The monoisotopic (exact) mass is 382 g/mol. The van der Waals surface area contributed by atoms with Crippen molar-refractivity contribution < 1.29 is 9.59 Å². The van der Waals surface area contributed by atoms with Gasteiger partial charge in [-0.15, -0.1) is 0 Å². The Bertz CT molecular complexity index is 725. The lowest BCUT2D eigenvalue weighted by Gasteiger charge is -2.55. The molecular formula is C24H34N2O2. The molecule has 4 bridgehead atoms. The summed E-state index contributed by atoms with van der Waals surface area (Å²) in [5.74, 6) is 2.63. The van der Waals surface area contributed by atoms with Crippen molar-refractivity contribution in [1.82, 2.24) is 5.32 Å². The van der Waals surface area contributed by atoms with Crippen molar-refractivity contribution in [3.05, 3.63) is 28.8 Å². The minimum atomic E-state index is -0.0901. The van der Waals surface area contributed by atoms with E-state index in [4.69, 9.17) is 0 Å². The third-order valence-electron chi connectivity index (χ3n) is 7.33. The number of carbonyl (C=O) groups excluding carboxylic acids is 2. The number of hydrogen-bond donors (Lipinski definition) is 2. The lowest BCUT2D eigenvalue weighted by Crippen LogP contribution is -2.53. The van der Waals surface area contributed by atoms with Crippen LogP contribution in [0, 0.1) is 43.9 Å². The van der Waals surface area contributed by atoms with Crippen LogP contribution in [0.3, 0.4) is 0 Å². The number of hydrogen-bond acceptors (Lipinski definition) is 2. The lowest BCUT2D eigenvalue weighted by atomic mass is 9.49. The van der Waals surface area contributed by atoms with Crippen LogP contribution in [0.15, 0.2) is 12.1 Å². The fourth-order valence-corrected chi connectivity index (χ4v) is 6.61. The molecule has 0 spiro atoms. The summed E-state index contributed by atoms with van der Waals surface area (Å²) < 4.78 is 0. The fraction of sp³-hybridized carbons (Fsp3) is 0.667. The molecule has 0 aliphatic heterocycles. The third kappa shape index (κ3) is 3.83. The zero-order valence-corrected chi connectivity index (χ0v) is 17.6. The second kappa shape index (κ2) is 7.53. The van der Waals surface area contributed by atoms with E-state index in [1.807, 2.05) is 13.8 Å². The average Bonchev–Trinajstić information content (AvgIpc) is 2.60. The van der Waals surface area contributed by atoms with E-state index in [9.17, 15) is 9.59 Å². The molecule has 0 unspecified atom stereocenters. The van der Waals surface area contributed by atoms with Crippen LogP contribution in [-0.2, 0) is 9.59 Å². The maximum absolute atomic E-state index is 12.9. The molecule has 1 aromatic carbocycles. The van der Waals surface area contributed by atoms with Crippen molar-refractivity contribution in [3.63, 3.8) is 0 Å². The number of carbonyl (C=O) groups is 2. The number of anilines is 1. The first-order valence-corrected chi connectivity index (χ1v) is 11.0. The van der Waals surface area contributed by atoms with Gasteiger partial charge in [0.15, 0.2) is 0 Å². The van der Waals surface area contributed by atoms with E-state index < -0.39 is 0 Å². The molecule has 0 atom stereocenters. The Hall–Kier alpha value is -1.84. The Morgan fingerprint density at radius 1 is 0.964 bits per heavy atom. The summed E-state index contributed by atoms with van der Waals surface area (Å²) in [5.41, 5.74) is 4.24. The normalized spacial score (nSPS) is 30.3. The molecule has 4 saturated carbocycles. The van der Waals surface area contributed by atoms with Crippen LogP contribution in [0.5, 0.6) is 0 Å². The van der Waals surface area contributed by atoms with Crippen molar-refractivity contribution in [1.29, 1.82) is 0 Å². The van der Waals surface area contributed by atoms with Gasteiger partial charge in [-0.1, -0.05) is 17.7 Å². The Morgan fingerprint density at radius 2 is 1.50 bits per heavy atom. The van der Waals surface area contributed by atoms with Gasteiger partial charge in [0.05, 0.1) is 0 Å². The quantitative estimate of drug-likeness (QED) is 0.703. The first-order chi connectivity index (χ1) is 13.3. The molecule has 4 heteroatoms. The average molecular weight is 383 g/mol. The standard InChI is InChI=1S/C24H34N2O2/c1-15-7-16(2)22(17(3)8-15)26-21(27)5-4-6-25-23(28)24-12-18-9-19(13-24)11-20(10-18)14-24/h7-8,18-20H,4-6,9-14H2,1-3H3,(H,25,28)(H,26,27). The SMILES string of the molecule is Cc1cc(C)c(NC(=O)CCCNC(=O)C23CC4CC(CC(C4)C2)C3)c(C)c1. The number of aryl methyl sites for hydroxylation is 3. The van der Waals surface area contributed by atoms with Crippen molar-refractivity contribution in [2.45, 2.75) is 72.1 Å². The second-order valence-corrected chi connectivity index (χ2v) is 9.88. The van der Waals surface area contributed by atoms with Gasteiger partial charge in [-0.2, -0.15) is 0 Å². The lowest BCUT2D eigenvalue weighted by molar-refractivity contribution is -0.146. The molecule has 4 aliphatic carbocycles. The van der Waals surface area contributed by atoms with Gasteiger partial charge in [-0.3, -0.25) is 9.59 Å². The molecule has 152 valence electrons. The van der Waals surface area contributed by atoms with Gasteiger partial charge in [-0.05, 0) is 94.6 Å². The number of benzene rings is 1. The zero-order valence-electron chi connectivity index (χ0n) is 17.6. The van der Waals surface area contributed by atoms with Crippen LogP contribution in [0.4, 0.5) is 5.69 Å². The molecule has 4 fully saturated rings. The maximum Gasteiger partial charge on any atom is 0.226 e. The summed E-state index contributed by atoms with van der Waals surface area (Å²) in [4.78, 5) is 25.3. The summed E-state index contributed by atoms with van der Waals surface area (Å²) in [6.45, 7) is 6.72. The van der Waals surface area contributed by atoms with Crippen molar-refractivity contribution in [3.8, 4) is 0 Å². The van der Waals surface area contributed by atoms with Crippen molar-refractivity contribution in [2.24, 2.45) is 23.2 Å². The minimum Gasteiger partial charge on any atom is -0.356 e. The highest BCUT2D eigenvalue weighted by Gasteiger charge is 2.54. The summed E-state index contributed by atoms with van der Waals surface area (Å²) in [7, 11) is 0.